The number of aromatic nitrogens is 1. The zero-order valence-electron chi connectivity index (χ0n) is 10.6. The molecule has 0 bridgehead atoms. The highest BCUT2D eigenvalue weighted by atomic mass is 15.3. The molecule has 94 valence electrons. The fourth-order valence-electron chi connectivity index (χ4n) is 2.38. The molecule has 2 heterocycles. The number of hydrazine groups is 1. The van der Waals surface area contributed by atoms with E-state index in [0.717, 1.165) is 25.5 Å². The van der Waals surface area contributed by atoms with Crippen LogP contribution in [0.3, 0.4) is 0 Å². The summed E-state index contributed by atoms with van der Waals surface area (Å²) in [4.78, 5) is 9.23. The van der Waals surface area contributed by atoms with E-state index in [4.69, 9.17) is 5.84 Å². The molecule has 1 aromatic heterocycles. The average molecular weight is 235 g/mol. The molecule has 0 aliphatic carbocycles. The van der Waals surface area contributed by atoms with Gasteiger partial charge in [0.1, 0.15) is 11.6 Å². The van der Waals surface area contributed by atoms with E-state index in [9.17, 15) is 0 Å². The van der Waals surface area contributed by atoms with Crippen molar-refractivity contribution in [2.75, 3.05) is 37.0 Å². The molecule has 0 aromatic carbocycles. The summed E-state index contributed by atoms with van der Waals surface area (Å²) in [5, 5.41) is 0. The zero-order valence-corrected chi connectivity index (χ0v) is 10.6. The van der Waals surface area contributed by atoms with Crippen molar-refractivity contribution >= 4 is 11.6 Å². The molecule has 17 heavy (non-hydrogen) atoms. The third kappa shape index (κ3) is 2.87. The van der Waals surface area contributed by atoms with E-state index in [1.807, 2.05) is 18.2 Å². The van der Waals surface area contributed by atoms with Crippen molar-refractivity contribution in [2.45, 2.75) is 19.4 Å². The molecule has 0 radical (unpaired) electrons. The summed E-state index contributed by atoms with van der Waals surface area (Å²) in [5.74, 6) is 7.11. The van der Waals surface area contributed by atoms with Gasteiger partial charge in [-0.05, 0) is 39.1 Å². The first-order valence-electron chi connectivity index (χ1n) is 6.09. The number of hydrogen-bond acceptors (Lipinski definition) is 5. The standard InChI is InChI=1S/C12H21N5/c1-10-9-16(2)7-4-8-17(10)12-6-3-5-11(14-12)15-13/h3,5-6,10H,4,7-9,13H2,1-2H3,(H,14,15). The average Bonchev–Trinajstić information content (AvgIpc) is 2.50. The molecule has 0 amide bonds. The second-order valence-corrected chi connectivity index (χ2v) is 4.68. The van der Waals surface area contributed by atoms with Crippen molar-refractivity contribution in [3.63, 3.8) is 0 Å². The lowest BCUT2D eigenvalue weighted by atomic mass is 10.2. The molecular weight excluding hydrogens is 214 g/mol. The van der Waals surface area contributed by atoms with Crippen LogP contribution in [0.5, 0.6) is 0 Å². The molecule has 1 unspecified atom stereocenters. The van der Waals surface area contributed by atoms with Crippen LogP contribution in [0, 0.1) is 0 Å². The molecule has 1 aliphatic rings. The van der Waals surface area contributed by atoms with Crippen LogP contribution < -0.4 is 16.2 Å². The number of likely N-dealkylation sites (N-methyl/N-ethyl adjacent to an activating group) is 1. The highest BCUT2D eigenvalue weighted by Crippen LogP contribution is 2.19. The molecule has 1 aromatic rings. The maximum absolute atomic E-state index is 5.40. The number of anilines is 2. The van der Waals surface area contributed by atoms with E-state index in [2.05, 4.69) is 34.2 Å². The summed E-state index contributed by atoms with van der Waals surface area (Å²) in [7, 11) is 2.17. The SMILES string of the molecule is CC1CN(C)CCCN1c1cccc(NN)n1. The van der Waals surface area contributed by atoms with Crippen LogP contribution in [0.25, 0.3) is 0 Å². The van der Waals surface area contributed by atoms with Crippen LogP contribution in [0.15, 0.2) is 18.2 Å². The molecule has 1 aliphatic heterocycles. The summed E-state index contributed by atoms with van der Waals surface area (Å²) < 4.78 is 0. The predicted octanol–water partition coefficient (Wildman–Crippen LogP) is 0.898. The first kappa shape index (κ1) is 12.1. The number of nitrogen functional groups attached to an aromatic ring is 1. The van der Waals surface area contributed by atoms with Crippen molar-refractivity contribution in [1.29, 1.82) is 0 Å². The molecule has 1 saturated heterocycles. The van der Waals surface area contributed by atoms with Gasteiger partial charge < -0.3 is 15.2 Å². The van der Waals surface area contributed by atoms with Crippen molar-refractivity contribution in [3.05, 3.63) is 18.2 Å². The summed E-state index contributed by atoms with van der Waals surface area (Å²) >= 11 is 0. The molecule has 3 N–H and O–H groups in total. The Balaban J connectivity index is 2.19. The van der Waals surface area contributed by atoms with E-state index in [0.29, 0.717) is 11.9 Å². The van der Waals surface area contributed by atoms with Gasteiger partial charge in [-0.2, -0.15) is 0 Å². The van der Waals surface area contributed by atoms with E-state index >= 15 is 0 Å². The van der Waals surface area contributed by atoms with Crippen LogP contribution in [0.1, 0.15) is 13.3 Å². The molecular formula is C12H21N5. The maximum atomic E-state index is 5.40. The van der Waals surface area contributed by atoms with Gasteiger partial charge >= 0.3 is 0 Å². The number of rotatable bonds is 2. The van der Waals surface area contributed by atoms with Gasteiger partial charge in [-0.25, -0.2) is 10.8 Å². The van der Waals surface area contributed by atoms with Crippen molar-refractivity contribution < 1.29 is 0 Å². The Morgan fingerprint density at radius 2 is 2.24 bits per heavy atom. The largest absolute Gasteiger partial charge is 0.353 e. The number of hydrogen-bond donors (Lipinski definition) is 2. The van der Waals surface area contributed by atoms with Gasteiger partial charge in [-0.15, -0.1) is 0 Å². The molecule has 5 nitrogen and oxygen atoms in total. The summed E-state index contributed by atoms with van der Waals surface area (Å²) in [6, 6.07) is 6.38. The lowest BCUT2D eigenvalue weighted by molar-refractivity contribution is 0.337. The second kappa shape index (κ2) is 5.33. The fourth-order valence-corrected chi connectivity index (χ4v) is 2.38. The highest BCUT2D eigenvalue weighted by molar-refractivity contribution is 5.47. The van der Waals surface area contributed by atoms with Gasteiger partial charge in [0.15, 0.2) is 0 Å². The minimum Gasteiger partial charge on any atom is -0.353 e. The predicted molar refractivity (Wildman–Crippen MR) is 71.0 cm³/mol. The normalized spacial score (nSPS) is 22.3. The summed E-state index contributed by atoms with van der Waals surface area (Å²) in [6.45, 7) is 5.51. The Hall–Kier alpha value is -1.33. The minimum atomic E-state index is 0.475. The maximum Gasteiger partial charge on any atom is 0.142 e. The van der Waals surface area contributed by atoms with Gasteiger partial charge in [0.05, 0.1) is 0 Å². The van der Waals surface area contributed by atoms with E-state index in [-0.39, 0.29) is 0 Å². The third-order valence-electron chi connectivity index (χ3n) is 3.22. The summed E-state index contributed by atoms with van der Waals surface area (Å²) in [6.07, 6.45) is 1.17. The highest BCUT2D eigenvalue weighted by Gasteiger charge is 2.20. The van der Waals surface area contributed by atoms with Gasteiger partial charge in [0.2, 0.25) is 0 Å². The Labute approximate surface area is 103 Å². The Bertz CT molecular complexity index is 368. The third-order valence-corrected chi connectivity index (χ3v) is 3.22. The Morgan fingerprint density at radius 3 is 3.00 bits per heavy atom. The Kier molecular flexibility index (Phi) is 3.81. The first-order chi connectivity index (χ1) is 8.20. The minimum absolute atomic E-state index is 0.475. The van der Waals surface area contributed by atoms with Crippen molar-refractivity contribution in [2.24, 2.45) is 5.84 Å². The van der Waals surface area contributed by atoms with Crippen molar-refractivity contribution in [1.82, 2.24) is 9.88 Å². The van der Waals surface area contributed by atoms with Crippen LogP contribution in [-0.2, 0) is 0 Å². The van der Waals surface area contributed by atoms with Crippen LogP contribution in [-0.4, -0.2) is 42.6 Å². The lowest BCUT2D eigenvalue weighted by Gasteiger charge is -2.29. The Morgan fingerprint density at radius 1 is 1.41 bits per heavy atom. The van der Waals surface area contributed by atoms with E-state index < -0.39 is 0 Å². The quantitative estimate of drug-likeness (QED) is 0.589. The molecule has 1 fully saturated rings. The zero-order chi connectivity index (χ0) is 12.3. The molecule has 1 atom stereocenters. The van der Waals surface area contributed by atoms with Crippen molar-refractivity contribution in [3.8, 4) is 0 Å². The summed E-state index contributed by atoms with van der Waals surface area (Å²) in [5.41, 5.74) is 2.60. The number of nitrogens with two attached hydrogens (primary N) is 1. The van der Waals surface area contributed by atoms with Gasteiger partial charge in [0.25, 0.3) is 0 Å². The fraction of sp³-hybridized carbons (Fsp3) is 0.583. The van der Waals surface area contributed by atoms with Gasteiger partial charge in [0, 0.05) is 19.1 Å². The number of nitrogens with one attached hydrogen (secondary N) is 1. The van der Waals surface area contributed by atoms with E-state index in [1.54, 1.807) is 0 Å². The van der Waals surface area contributed by atoms with Gasteiger partial charge in [-0.3, -0.25) is 0 Å². The monoisotopic (exact) mass is 235 g/mol. The second-order valence-electron chi connectivity index (χ2n) is 4.68. The molecule has 5 heteroatoms. The molecule has 0 saturated carbocycles. The molecule has 2 rings (SSSR count). The first-order valence-corrected chi connectivity index (χ1v) is 6.09. The molecule has 0 spiro atoms. The lowest BCUT2D eigenvalue weighted by Crippen LogP contribution is -2.38. The smallest absolute Gasteiger partial charge is 0.142 e. The van der Waals surface area contributed by atoms with E-state index in [1.165, 1.54) is 6.42 Å². The van der Waals surface area contributed by atoms with Crippen LogP contribution in [0.4, 0.5) is 11.6 Å². The topological polar surface area (TPSA) is 57.4 Å². The van der Waals surface area contributed by atoms with Crippen LogP contribution in [0.2, 0.25) is 0 Å². The van der Waals surface area contributed by atoms with Crippen LogP contribution >= 0.6 is 0 Å². The number of pyridine rings is 1. The number of nitrogens with zero attached hydrogens (tertiary/aromatic N) is 3. The van der Waals surface area contributed by atoms with Gasteiger partial charge in [-0.1, -0.05) is 6.07 Å².